The lowest BCUT2D eigenvalue weighted by atomic mass is 9.97. The van der Waals surface area contributed by atoms with Crippen LogP contribution in [0.1, 0.15) is 20.8 Å². The van der Waals surface area contributed by atoms with Crippen molar-refractivity contribution in [2.75, 3.05) is 23.1 Å². The van der Waals surface area contributed by atoms with Gasteiger partial charge in [-0.05, 0) is 31.0 Å². The summed E-state index contributed by atoms with van der Waals surface area (Å²) in [6.07, 6.45) is 1.04. The maximum absolute atomic E-state index is 12.5. The van der Waals surface area contributed by atoms with Gasteiger partial charge in [-0.3, -0.25) is 14.5 Å². The second kappa shape index (κ2) is 6.83. The van der Waals surface area contributed by atoms with Gasteiger partial charge in [-0.25, -0.2) is 13.2 Å². The number of nitrogens with zero attached hydrogens (tertiary/aromatic N) is 1. The van der Waals surface area contributed by atoms with Crippen LogP contribution in [-0.4, -0.2) is 45.1 Å². The summed E-state index contributed by atoms with van der Waals surface area (Å²) < 4.78 is 28.2. The van der Waals surface area contributed by atoms with E-state index in [4.69, 9.17) is 4.74 Å². The molecule has 2 amide bonds. The number of rotatable bonds is 3. The average molecular weight is 368 g/mol. The topological polar surface area (TPSA) is 110 Å². The number of ether oxygens (including phenoxy) is 1. The summed E-state index contributed by atoms with van der Waals surface area (Å²) in [5, 5.41) is 2.61. The number of carbonyl (C=O) groups is 3. The molecular formula is C16H20N2O6S. The lowest BCUT2D eigenvalue weighted by Crippen LogP contribution is -2.55. The van der Waals surface area contributed by atoms with Crippen LogP contribution in [0.25, 0.3) is 0 Å². The minimum absolute atomic E-state index is 0.00178. The van der Waals surface area contributed by atoms with Crippen molar-refractivity contribution in [1.82, 2.24) is 0 Å². The molecule has 1 aromatic carbocycles. The largest absolute Gasteiger partial charge is 0.459 e. The molecule has 0 aromatic heterocycles. The molecule has 0 bridgehead atoms. The van der Waals surface area contributed by atoms with Crippen LogP contribution in [0.4, 0.5) is 11.4 Å². The Morgan fingerprint density at radius 3 is 2.48 bits per heavy atom. The van der Waals surface area contributed by atoms with Crippen LogP contribution in [0.5, 0.6) is 0 Å². The van der Waals surface area contributed by atoms with Crippen molar-refractivity contribution in [3.8, 4) is 0 Å². The molecule has 9 heteroatoms. The van der Waals surface area contributed by atoms with E-state index in [-0.39, 0.29) is 28.8 Å². The van der Waals surface area contributed by atoms with E-state index in [1.165, 1.54) is 18.2 Å². The quantitative estimate of drug-likeness (QED) is 0.629. The van der Waals surface area contributed by atoms with Crippen LogP contribution in [-0.2, 0) is 29.0 Å². The third-order valence-electron chi connectivity index (χ3n) is 3.76. The fourth-order valence-corrected chi connectivity index (χ4v) is 3.30. The summed E-state index contributed by atoms with van der Waals surface area (Å²) in [5.74, 6) is -2.81. The monoisotopic (exact) mass is 368 g/mol. The van der Waals surface area contributed by atoms with Gasteiger partial charge in [0.25, 0.3) is 0 Å². The molecule has 2 rings (SSSR count). The number of benzene rings is 1. The van der Waals surface area contributed by atoms with Crippen LogP contribution >= 0.6 is 0 Å². The molecule has 1 aromatic rings. The van der Waals surface area contributed by atoms with Gasteiger partial charge in [0.05, 0.1) is 22.9 Å². The summed E-state index contributed by atoms with van der Waals surface area (Å²) in [7, 11) is -3.49. The molecule has 0 saturated heterocycles. The van der Waals surface area contributed by atoms with Gasteiger partial charge in [0.2, 0.25) is 5.91 Å². The second-order valence-corrected chi connectivity index (χ2v) is 8.04. The SMILES string of the molecule is CCOC(=O)C(=O)N1c2ccc(S(C)(=O)=O)cc2NC(=O)C1C(C)C. The molecular weight excluding hydrogens is 348 g/mol. The maximum atomic E-state index is 12.5. The van der Waals surface area contributed by atoms with Gasteiger partial charge in [-0.2, -0.15) is 0 Å². The second-order valence-electron chi connectivity index (χ2n) is 6.02. The first-order chi connectivity index (χ1) is 11.6. The van der Waals surface area contributed by atoms with Gasteiger partial charge >= 0.3 is 11.9 Å². The molecule has 1 atom stereocenters. The van der Waals surface area contributed by atoms with E-state index >= 15 is 0 Å². The molecule has 136 valence electrons. The zero-order chi connectivity index (χ0) is 18.9. The van der Waals surface area contributed by atoms with E-state index < -0.39 is 33.7 Å². The Labute approximate surface area is 146 Å². The minimum Gasteiger partial charge on any atom is -0.459 e. The van der Waals surface area contributed by atoms with E-state index in [9.17, 15) is 22.8 Å². The van der Waals surface area contributed by atoms with Crippen LogP contribution in [0.2, 0.25) is 0 Å². The Hall–Kier alpha value is -2.42. The van der Waals surface area contributed by atoms with Gasteiger partial charge in [0, 0.05) is 6.26 Å². The van der Waals surface area contributed by atoms with Crippen molar-refractivity contribution in [2.45, 2.75) is 31.7 Å². The predicted molar refractivity (Wildman–Crippen MR) is 90.9 cm³/mol. The number of hydrogen-bond donors (Lipinski definition) is 1. The molecule has 1 unspecified atom stereocenters. The molecule has 1 heterocycles. The van der Waals surface area contributed by atoms with Gasteiger partial charge in [0.1, 0.15) is 6.04 Å². The first kappa shape index (κ1) is 18.9. The van der Waals surface area contributed by atoms with Crippen LogP contribution in [0, 0.1) is 5.92 Å². The van der Waals surface area contributed by atoms with Crippen molar-refractivity contribution in [3.05, 3.63) is 18.2 Å². The average Bonchev–Trinajstić information content (AvgIpc) is 2.51. The highest BCUT2D eigenvalue weighted by Gasteiger charge is 2.41. The molecule has 1 aliphatic heterocycles. The fourth-order valence-electron chi connectivity index (χ4n) is 2.66. The highest BCUT2D eigenvalue weighted by atomic mass is 32.2. The smallest absolute Gasteiger partial charge is 0.397 e. The molecule has 0 aliphatic carbocycles. The molecule has 0 radical (unpaired) electrons. The van der Waals surface area contributed by atoms with E-state index in [1.54, 1.807) is 20.8 Å². The van der Waals surface area contributed by atoms with Crippen molar-refractivity contribution in [2.24, 2.45) is 5.92 Å². The third-order valence-corrected chi connectivity index (χ3v) is 4.87. The number of sulfone groups is 1. The third kappa shape index (κ3) is 3.65. The summed E-state index contributed by atoms with van der Waals surface area (Å²) >= 11 is 0. The molecule has 1 aliphatic rings. The molecule has 25 heavy (non-hydrogen) atoms. The van der Waals surface area contributed by atoms with Crippen LogP contribution in [0.3, 0.4) is 0 Å². The highest BCUT2D eigenvalue weighted by molar-refractivity contribution is 7.90. The summed E-state index contributed by atoms with van der Waals surface area (Å²) in [6, 6.07) is 3.09. The lowest BCUT2D eigenvalue weighted by molar-refractivity contribution is -0.153. The van der Waals surface area contributed by atoms with Gasteiger partial charge in [0.15, 0.2) is 9.84 Å². The van der Waals surface area contributed by atoms with Crippen LogP contribution in [0.15, 0.2) is 23.1 Å². The lowest BCUT2D eigenvalue weighted by Gasteiger charge is -2.37. The number of fused-ring (bicyclic) bond motifs is 1. The van der Waals surface area contributed by atoms with E-state index in [0.29, 0.717) is 0 Å². The first-order valence-corrected chi connectivity index (χ1v) is 9.62. The van der Waals surface area contributed by atoms with Crippen molar-refractivity contribution >= 4 is 39.0 Å². The molecule has 8 nitrogen and oxygen atoms in total. The predicted octanol–water partition coefficient (Wildman–Crippen LogP) is 0.963. The van der Waals surface area contributed by atoms with Gasteiger partial charge < -0.3 is 10.1 Å². The Morgan fingerprint density at radius 1 is 1.32 bits per heavy atom. The van der Waals surface area contributed by atoms with E-state index in [0.717, 1.165) is 11.2 Å². The van der Waals surface area contributed by atoms with Crippen LogP contribution < -0.4 is 10.2 Å². The Morgan fingerprint density at radius 2 is 1.96 bits per heavy atom. The molecule has 0 fully saturated rings. The molecule has 0 saturated carbocycles. The van der Waals surface area contributed by atoms with Crippen molar-refractivity contribution in [3.63, 3.8) is 0 Å². The standard InChI is InChI=1S/C16H20N2O6S/c1-5-24-16(21)15(20)18-12-7-6-10(25(4,22)23)8-11(12)17-14(19)13(18)9(2)3/h6-9,13H,5H2,1-4H3,(H,17,19). The summed E-state index contributed by atoms with van der Waals surface area (Å²) in [5.41, 5.74) is 0.409. The van der Waals surface area contributed by atoms with Gasteiger partial charge in [-0.1, -0.05) is 13.8 Å². The number of esters is 1. The Bertz CT molecular complexity index is 831. The Kier molecular flexibility index (Phi) is 5.17. The molecule has 1 N–H and O–H groups in total. The fraction of sp³-hybridized carbons (Fsp3) is 0.438. The zero-order valence-corrected chi connectivity index (χ0v) is 15.2. The number of hydrogen-bond acceptors (Lipinski definition) is 6. The highest BCUT2D eigenvalue weighted by Crippen LogP contribution is 2.36. The number of amides is 2. The summed E-state index contributed by atoms with van der Waals surface area (Å²) in [6.45, 7) is 5.08. The Balaban J connectivity index is 2.60. The zero-order valence-electron chi connectivity index (χ0n) is 14.4. The van der Waals surface area contributed by atoms with Gasteiger partial charge in [-0.15, -0.1) is 0 Å². The number of carbonyl (C=O) groups excluding carboxylic acids is 3. The van der Waals surface area contributed by atoms with Crippen molar-refractivity contribution < 1.29 is 27.5 Å². The minimum atomic E-state index is -3.49. The first-order valence-electron chi connectivity index (χ1n) is 7.73. The summed E-state index contributed by atoms with van der Waals surface area (Å²) in [4.78, 5) is 38.0. The van der Waals surface area contributed by atoms with Crippen molar-refractivity contribution in [1.29, 1.82) is 0 Å². The number of nitrogens with one attached hydrogen (secondary N) is 1. The normalized spacial score (nSPS) is 17.1. The van der Waals surface area contributed by atoms with E-state index in [2.05, 4.69) is 5.32 Å². The van der Waals surface area contributed by atoms with E-state index in [1.807, 2.05) is 0 Å². The maximum Gasteiger partial charge on any atom is 0.397 e. The molecule has 0 spiro atoms. The number of anilines is 2.